The second-order valence-electron chi connectivity index (χ2n) is 6.32. The van der Waals surface area contributed by atoms with Gasteiger partial charge < -0.3 is 10.1 Å². The summed E-state index contributed by atoms with van der Waals surface area (Å²) in [5, 5.41) is 6.97. The van der Waals surface area contributed by atoms with Crippen LogP contribution < -0.4 is 15.4 Å². The summed E-state index contributed by atoms with van der Waals surface area (Å²) in [6.07, 6.45) is 0. The van der Waals surface area contributed by atoms with E-state index in [4.69, 9.17) is 21.9 Å². The number of para-hydroxylation sites is 1. The molecule has 2 N–H and O–H groups in total. The highest BCUT2D eigenvalue weighted by Crippen LogP contribution is 2.35. The van der Waals surface area contributed by atoms with Gasteiger partial charge in [0.25, 0.3) is 5.91 Å². The van der Waals surface area contributed by atoms with E-state index >= 15 is 0 Å². The Kier molecular flexibility index (Phi) is 6.26. The molecule has 0 radical (unpaired) electrons. The van der Waals surface area contributed by atoms with E-state index in [9.17, 15) is 4.79 Å². The van der Waals surface area contributed by atoms with Crippen LogP contribution >= 0.6 is 46.1 Å². The van der Waals surface area contributed by atoms with Gasteiger partial charge in [0, 0.05) is 14.7 Å². The second-order valence-corrected chi connectivity index (χ2v) is 9.00. The molecule has 8 heteroatoms. The van der Waals surface area contributed by atoms with Gasteiger partial charge in [-0.1, -0.05) is 18.2 Å². The van der Waals surface area contributed by atoms with Crippen molar-refractivity contribution in [3.8, 4) is 16.3 Å². The number of fused-ring (bicyclic) bond motifs is 1. The standard InChI is InChI=1S/C22H16IN3O2S2/c1-28-15-6-4-5-13(11-15)20(27)26-22(29)25-17-10-9-14(23)12-16(17)21-24-18-7-2-3-8-19(18)30-21/h2-12H,1H3,(H2,25,26,27,29). The van der Waals surface area contributed by atoms with E-state index in [1.165, 1.54) is 0 Å². The largest absolute Gasteiger partial charge is 0.497 e. The lowest BCUT2D eigenvalue weighted by Gasteiger charge is -2.13. The van der Waals surface area contributed by atoms with Crippen LogP contribution in [-0.2, 0) is 0 Å². The zero-order chi connectivity index (χ0) is 21.1. The summed E-state index contributed by atoms with van der Waals surface area (Å²) >= 11 is 9.27. The molecule has 0 aliphatic rings. The number of thiocarbonyl (C=S) groups is 1. The monoisotopic (exact) mass is 545 g/mol. The number of amides is 1. The Labute approximate surface area is 196 Å². The van der Waals surface area contributed by atoms with Crippen molar-refractivity contribution in [2.45, 2.75) is 0 Å². The van der Waals surface area contributed by atoms with Crippen LogP contribution in [0.1, 0.15) is 10.4 Å². The van der Waals surface area contributed by atoms with Gasteiger partial charge in [-0.15, -0.1) is 11.3 Å². The van der Waals surface area contributed by atoms with Crippen LogP contribution in [0.4, 0.5) is 5.69 Å². The van der Waals surface area contributed by atoms with Crippen molar-refractivity contribution in [1.29, 1.82) is 0 Å². The quantitative estimate of drug-likeness (QED) is 0.255. The average molecular weight is 545 g/mol. The predicted molar refractivity (Wildman–Crippen MR) is 134 cm³/mol. The lowest BCUT2D eigenvalue weighted by atomic mass is 10.2. The van der Waals surface area contributed by atoms with Crippen molar-refractivity contribution in [3.05, 3.63) is 75.9 Å². The molecule has 4 aromatic rings. The Morgan fingerprint density at radius 1 is 1.10 bits per heavy atom. The van der Waals surface area contributed by atoms with Crippen LogP contribution in [-0.4, -0.2) is 23.1 Å². The molecule has 0 aliphatic carbocycles. The number of ether oxygens (including phenoxy) is 1. The van der Waals surface area contributed by atoms with Gasteiger partial charge in [0.15, 0.2) is 5.11 Å². The van der Waals surface area contributed by atoms with Crippen molar-refractivity contribution in [1.82, 2.24) is 10.3 Å². The summed E-state index contributed by atoms with van der Waals surface area (Å²) in [6.45, 7) is 0. The number of thiazole rings is 1. The molecule has 5 nitrogen and oxygen atoms in total. The molecular weight excluding hydrogens is 529 g/mol. The lowest BCUT2D eigenvalue weighted by molar-refractivity contribution is 0.0977. The Hall–Kier alpha value is -2.56. The maximum Gasteiger partial charge on any atom is 0.257 e. The van der Waals surface area contributed by atoms with Crippen LogP contribution in [0.2, 0.25) is 0 Å². The zero-order valence-electron chi connectivity index (χ0n) is 15.8. The minimum absolute atomic E-state index is 0.214. The van der Waals surface area contributed by atoms with Crippen LogP contribution in [0.25, 0.3) is 20.8 Å². The highest BCUT2D eigenvalue weighted by Gasteiger charge is 2.14. The molecule has 1 amide bonds. The topological polar surface area (TPSA) is 63.2 Å². The van der Waals surface area contributed by atoms with E-state index in [2.05, 4.69) is 39.3 Å². The van der Waals surface area contributed by atoms with Crippen molar-refractivity contribution >= 4 is 73.1 Å². The molecule has 3 aromatic carbocycles. The number of hydrogen-bond donors (Lipinski definition) is 2. The van der Waals surface area contributed by atoms with Crippen molar-refractivity contribution in [3.63, 3.8) is 0 Å². The summed E-state index contributed by atoms with van der Waals surface area (Å²) in [5.74, 6) is 0.302. The molecular formula is C22H16IN3O2S2. The smallest absolute Gasteiger partial charge is 0.257 e. The molecule has 0 aliphatic heterocycles. The molecule has 0 unspecified atom stereocenters. The van der Waals surface area contributed by atoms with Crippen molar-refractivity contribution < 1.29 is 9.53 Å². The number of benzene rings is 3. The molecule has 0 bridgehead atoms. The first-order chi connectivity index (χ1) is 14.5. The summed E-state index contributed by atoms with van der Waals surface area (Å²) in [6, 6.07) is 20.9. The third kappa shape index (κ3) is 4.61. The average Bonchev–Trinajstić information content (AvgIpc) is 3.19. The number of nitrogens with one attached hydrogen (secondary N) is 2. The van der Waals surface area contributed by atoms with Gasteiger partial charge in [-0.05, 0) is 83.3 Å². The molecule has 1 aromatic heterocycles. The van der Waals surface area contributed by atoms with E-state index in [0.29, 0.717) is 11.3 Å². The van der Waals surface area contributed by atoms with E-state index < -0.39 is 0 Å². The first-order valence-electron chi connectivity index (χ1n) is 8.95. The second kappa shape index (κ2) is 9.07. The Balaban J connectivity index is 1.57. The summed E-state index contributed by atoms with van der Waals surface area (Å²) in [4.78, 5) is 17.3. The van der Waals surface area contributed by atoms with Gasteiger partial charge in [0.2, 0.25) is 0 Å². The van der Waals surface area contributed by atoms with Crippen molar-refractivity contribution in [2.24, 2.45) is 0 Å². The van der Waals surface area contributed by atoms with Gasteiger partial charge in [0.05, 0.1) is 23.0 Å². The van der Waals surface area contributed by atoms with Gasteiger partial charge in [-0.25, -0.2) is 4.98 Å². The van der Waals surface area contributed by atoms with Crippen LogP contribution in [0, 0.1) is 3.57 Å². The summed E-state index contributed by atoms with van der Waals surface area (Å²) < 4.78 is 7.37. The highest BCUT2D eigenvalue weighted by atomic mass is 127. The first-order valence-corrected chi connectivity index (χ1v) is 11.3. The number of aromatic nitrogens is 1. The zero-order valence-corrected chi connectivity index (χ0v) is 19.6. The molecule has 4 rings (SSSR count). The number of hydrogen-bond acceptors (Lipinski definition) is 5. The fourth-order valence-corrected chi connectivity index (χ4v) is 4.57. The van der Waals surface area contributed by atoms with E-state index in [1.807, 2.05) is 36.4 Å². The Morgan fingerprint density at radius 3 is 2.73 bits per heavy atom. The first kappa shape index (κ1) is 20.7. The van der Waals surface area contributed by atoms with Gasteiger partial charge >= 0.3 is 0 Å². The number of rotatable bonds is 4. The normalized spacial score (nSPS) is 10.6. The number of methoxy groups -OCH3 is 1. The number of nitrogens with zero attached hydrogens (tertiary/aromatic N) is 1. The van der Waals surface area contributed by atoms with E-state index in [0.717, 1.165) is 30.0 Å². The third-order valence-corrected chi connectivity index (χ3v) is 6.26. The van der Waals surface area contributed by atoms with Crippen molar-refractivity contribution in [2.75, 3.05) is 12.4 Å². The fraction of sp³-hybridized carbons (Fsp3) is 0.0455. The maximum absolute atomic E-state index is 12.5. The lowest BCUT2D eigenvalue weighted by Crippen LogP contribution is -2.34. The predicted octanol–water partition coefficient (Wildman–Crippen LogP) is 5.70. The Bertz CT molecular complexity index is 1220. The maximum atomic E-state index is 12.5. The van der Waals surface area contributed by atoms with Gasteiger partial charge in [-0.3, -0.25) is 10.1 Å². The van der Waals surface area contributed by atoms with Crippen LogP contribution in [0.15, 0.2) is 66.7 Å². The number of anilines is 1. The van der Waals surface area contributed by atoms with Gasteiger partial charge in [-0.2, -0.15) is 0 Å². The SMILES string of the molecule is COc1cccc(C(=O)NC(=S)Nc2ccc(I)cc2-c2nc3ccccc3s2)c1. The van der Waals surface area contributed by atoms with Crippen LogP contribution in [0.5, 0.6) is 5.75 Å². The third-order valence-electron chi connectivity index (χ3n) is 4.31. The van der Waals surface area contributed by atoms with Gasteiger partial charge in [0.1, 0.15) is 10.8 Å². The number of halogens is 1. The summed E-state index contributed by atoms with van der Waals surface area (Å²) in [5.41, 5.74) is 3.13. The minimum atomic E-state index is -0.307. The highest BCUT2D eigenvalue weighted by molar-refractivity contribution is 14.1. The van der Waals surface area contributed by atoms with Crippen LogP contribution in [0.3, 0.4) is 0 Å². The molecule has 150 valence electrons. The molecule has 1 heterocycles. The molecule has 30 heavy (non-hydrogen) atoms. The number of carbonyl (C=O) groups excluding carboxylic acids is 1. The molecule has 0 saturated carbocycles. The molecule has 0 atom stereocenters. The van der Waals surface area contributed by atoms with E-state index in [-0.39, 0.29) is 11.0 Å². The summed E-state index contributed by atoms with van der Waals surface area (Å²) in [7, 11) is 1.56. The molecule has 0 spiro atoms. The molecule has 0 fully saturated rings. The minimum Gasteiger partial charge on any atom is -0.497 e. The Morgan fingerprint density at radius 2 is 1.93 bits per heavy atom. The molecule has 0 saturated heterocycles. The fourth-order valence-electron chi connectivity index (χ4n) is 2.88. The van der Waals surface area contributed by atoms with E-state index in [1.54, 1.807) is 42.7 Å². The number of carbonyl (C=O) groups is 1.